The summed E-state index contributed by atoms with van der Waals surface area (Å²) in [7, 11) is 0. The third kappa shape index (κ3) is 2.87. The molecule has 0 aromatic rings. The molecule has 2 rings (SSSR count). The van der Waals surface area contributed by atoms with Gasteiger partial charge in [-0.15, -0.1) is 0 Å². The van der Waals surface area contributed by atoms with Gasteiger partial charge in [0, 0.05) is 13.1 Å². The first kappa shape index (κ1) is 16.1. The van der Waals surface area contributed by atoms with Gasteiger partial charge in [-0.25, -0.2) is 4.79 Å². The Morgan fingerprint density at radius 3 is 2.00 bits per heavy atom. The Balaban J connectivity index is 1.95. The Morgan fingerprint density at radius 1 is 1.19 bits per heavy atom. The maximum Gasteiger partial charge on any atom is 0.410 e. The minimum atomic E-state index is -0.678. The average Bonchev–Trinajstić information content (AvgIpc) is 2.92. The van der Waals surface area contributed by atoms with Crippen LogP contribution in [0.4, 0.5) is 4.79 Å². The van der Waals surface area contributed by atoms with Crippen LogP contribution in [0.5, 0.6) is 0 Å². The molecule has 5 heteroatoms. The number of carboxylic acids is 1. The highest BCUT2D eigenvalue weighted by molar-refractivity contribution is 5.80. The van der Waals surface area contributed by atoms with Crippen molar-refractivity contribution in [2.45, 2.75) is 59.5 Å². The number of piperidine rings is 1. The summed E-state index contributed by atoms with van der Waals surface area (Å²) in [5, 5.41) is 9.61. The van der Waals surface area contributed by atoms with E-state index in [0.29, 0.717) is 13.1 Å². The van der Waals surface area contributed by atoms with E-state index in [9.17, 15) is 14.7 Å². The molecule has 0 aromatic heterocycles. The summed E-state index contributed by atoms with van der Waals surface area (Å²) in [6, 6.07) is 0. The lowest BCUT2D eigenvalue weighted by Crippen LogP contribution is -2.45. The Kier molecular flexibility index (Phi) is 3.75. The van der Waals surface area contributed by atoms with Crippen molar-refractivity contribution in [1.82, 2.24) is 4.90 Å². The molecule has 2 aliphatic rings. The van der Waals surface area contributed by atoms with Crippen LogP contribution in [0, 0.1) is 16.7 Å². The monoisotopic (exact) mass is 297 g/mol. The Bertz CT molecular complexity index is 444. The number of carboxylic acid groups (broad SMARTS) is 1. The van der Waals surface area contributed by atoms with E-state index in [2.05, 4.69) is 0 Å². The molecule has 1 aliphatic heterocycles. The quantitative estimate of drug-likeness (QED) is 0.850. The van der Waals surface area contributed by atoms with E-state index >= 15 is 0 Å². The first-order valence-electron chi connectivity index (χ1n) is 7.71. The fourth-order valence-corrected chi connectivity index (χ4v) is 3.77. The molecule has 21 heavy (non-hydrogen) atoms. The van der Waals surface area contributed by atoms with Crippen LogP contribution >= 0.6 is 0 Å². The van der Waals surface area contributed by atoms with Gasteiger partial charge in [0.25, 0.3) is 0 Å². The molecule has 1 unspecified atom stereocenters. The molecule has 1 saturated carbocycles. The van der Waals surface area contributed by atoms with Crippen LogP contribution in [0.2, 0.25) is 0 Å². The summed E-state index contributed by atoms with van der Waals surface area (Å²) in [4.78, 5) is 25.4. The predicted molar refractivity (Wildman–Crippen MR) is 79.0 cm³/mol. The summed E-state index contributed by atoms with van der Waals surface area (Å²) < 4.78 is 5.37. The second-order valence-electron chi connectivity index (χ2n) is 8.08. The van der Waals surface area contributed by atoms with Crippen molar-refractivity contribution < 1.29 is 19.4 Å². The second kappa shape index (κ2) is 4.89. The minimum Gasteiger partial charge on any atom is -0.481 e. The van der Waals surface area contributed by atoms with Gasteiger partial charge >= 0.3 is 12.1 Å². The average molecular weight is 297 g/mol. The summed E-state index contributed by atoms with van der Waals surface area (Å²) in [6.07, 6.45) is 1.94. The minimum absolute atomic E-state index is 0.127. The van der Waals surface area contributed by atoms with Gasteiger partial charge in [0.05, 0.1) is 5.41 Å². The molecule has 0 bridgehead atoms. The number of carbonyl (C=O) groups is 2. The highest BCUT2D eigenvalue weighted by Gasteiger charge is 2.70. The molecule has 2 fully saturated rings. The molecule has 0 radical (unpaired) electrons. The molecular weight excluding hydrogens is 270 g/mol. The summed E-state index contributed by atoms with van der Waals surface area (Å²) in [5.74, 6) is -0.521. The van der Waals surface area contributed by atoms with Gasteiger partial charge < -0.3 is 14.7 Å². The van der Waals surface area contributed by atoms with Gasteiger partial charge in [0.2, 0.25) is 0 Å². The molecule has 1 atom stereocenters. The van der Waals surface area contributed by atoms with Crippen molar-refractivity contribution in [2.75, 3.05) is 13.1 Å². The molecule has 1 heterocycles. The molecule has 120 valence electrons. The van der Waals surface area contributed by atoms with Crippen molar-refractivity contribution in [3.8, 4) is 0 Å². The Morgan fingerprint density at radius 2 is 1.67 bits per heavy atom. The van der Waals surface area contributed by atoms with Crippen LogP contribution in [0.1, 0.15) is 53.9 Å². The number of hydrogen-bond acceptors (Lipinski definition) is 3. The molecule has 0 aromatic carbocycles. The number of likely N-dealkylation sites (tertiary alicyclic amines) is 1. The van der Waals surface area contributed by atoms with Gasteiger partial charge in [-0.05, 0) is 51.4 Å². The molecule has 0 spiro atoms. The summed E-state index contributed by atoms with van der Waals surface area (Å²) in [5.41, 5.74) is -1.21. The van der Waals surface area contributed by atoms with Crippen LogP contribution in [0.25, 0.3) is 0 Å². The van der Waals surface area contributed by atoms with Crippen molar-refractivity contribution in [1.29, 1.82) is 0 Å². The number of amides is 1. The van der Waals surface area contributed by atoms with Crippen molar-refractivity contribution in [2.24, 2.45) is 16.7 Å². The smallest absolute Gasteiger partial charge is 0.410 e. The van der Waals surface area contributed by atoms with Gasteiger partial charge in [-0.2, -0.15) is 0 Å². The van der Waals surface area contributed by atoms with E-state index in [1.807, 2.05) is 34.6 Å². The lowest BCUT2D eigenvalue weighted by atomic mass is 9.77. The van der Waals surface area contributed by atoms with E-state index < -0.39 is 17.0 Å². The fourth-order valence-electron chi connectivity index (χ4n) is 3.77. The van der Waals surface area contributed by atoms with Crippen LogP contribution in [-0.2, 0) is 9.53 Å². The second-order valence-corrected chi connectivity index (χ2v) is 8.08. The normalized spacial score (nSPS) is 29.1. The fraction of sp³-hybridized carbons (Fsp3) is 0.875. The lowest BCUT2D eigenvalue weighted by molar-refractivity contribution is -0.148. The summed E-state index contributed by atoms with van der Waals surface area (Å²) in [6.45, 7) is 10.8. The largest absolute Gasteiger partial charge is 0.481 e. The zero-order valence-corrected chi connectivity index (χ0v) is 13.7. The first-order valence-corrected chi connectivity index (χ1v) is 7.71. The van der Waals surface area contributed by atoms with E-state index in [1.165, 1.54) is 0 Å². The summed E-state index contributed by atoms with van der Waals surface area (Å²) >= 11 is 0. The molecule has 1 N–H and O–H groups in total. The maximum atomic E-state index is 12.0. The van der Waals surface area contributed by atoms with E-state index in [-0.39, 0.29) is 17.4 Å². The number of aliphatic carboxylic acids is 1. The Labute approximate surface area is 126 Å². The third-order valence-corrected chi connectivity index (χ3v) is 5.03. The maximum absolute atomic E-state index is 12.0. The number of carbonyl (C=O) groups excluding carboxylic acids is 1. The van der Waals surface area contributed by atoms with Crippen molar-refractivity contribution in [3.63, 3.8) is 0 Å². The number of nitrogens with zero attached hydrogens (tertiary/aromatic N) is 1. The molecule has 5 nitrogen and oxygen atoms in total. The van der Waals surface area contributed by atoms with Gasteiger partial charge in [-0.1, -0.05) is 13.8 Å². The number of hydrogen-bond donors (Lipinski definition) is 1. The highest BCUT2D eigenvalue weighted by Crippen LogP contribution is 2.69. The van der Waals surface area contributed by atoms with Gasteiger partial charge in [0.15, 0.2) is 0 Å². The van der Waals surface area contributed by atoms with Crippen molar-refractivity contribution >= 4 is 12.1 Å². The molecular formula is C16H27NO4. The van der Waals surface area contributed by atoms with E-state index in [1.54, 1.807) is 4.90 Å². The third-order valence-electron chi connectivity index (χ3n) is 5.03. The molecule has 1 amide bonds. The first-order chi connectivity index (χ1) is 9.49. The molecule has 1 aliphatic carbocycles. The van der Waals surface area contributed by atoms with Crippen LogP contribution in [-0.4, -0.2) is 40.8 Å². The van der Waals surface area contributed by atoms with Gasteiger partial charge in [0.1, 0.15) is 5.60 Å². The predicted octanol–water partition coefficient (Wildman–Crippen LogP) is 3.13. The van der Waals surface area contributed by atoms with Crippen LogP contribution in [0.3, 0.4) is 0 Å². The number of ether oxygens (including phenoxy) is 1. The highest BCUT2D eigenvalue weighted by atomic mass is 16.6. The van der Waals surface area contributed by atoms with E-state index in [0.717, 1.165) is 19.3 Å². The Hall–Kier alpha value is -1.26. The topological polar surface area (TPSA) is 66.8 Å². The van der Waals surface area contributed by atoms with Gasteiger partial charge in [-0.3, -0.25) is 4.79 Å². The SMILES string of the molecule is CC(C)(C)OC(=O)N1CCC(C2(C(=O)O)CC2(C)C)CC1. The van der Waals surface area contributed by atoms with Crippen LogP contribution in [0.15, 0.2) is 0 Å². The zero-order valence-electron chi connectivity index (χ0n) is 13.7. The molecule has 1 saturated heterocycles. The number of rotatable bonds is 2. The zero-order chi connectivity index (χ0) is 16.1. The van der Waals surface area contributed by atoms with Crippen LogP contribution < -0.4 is 0 Å². The lowest BCUT2D eigenvalue weighted by Gasteiger charge is -2.36. The standard InChI is InChI=1S/C16H27NO4/c1-14(2,3)21-13(20)17-8-6-11(7-9-17)16(12(18)19)10-15(16,4)5/h11H,6-10H2,1-5H3,(H,18,19). The van der Waals surface area contributed by atoms with Crippen molar-refractivity contribution in [3.05, 3.63) is 0 Å². The van der Waals surface area contributed by atoms with E-state index in [4.69, 9.17) is 4.74 Å².